The molecule has 2 N–H and O–H groups in total. The fraction of sp³-hybridized carbons (Fsp3) is 0.857. The van der Waals surface area contributed by atoms with Gasteiger partial charge < -0.3 is 10.2 Å². The molecule has 0 aromatic heterocycles. The van der Waals surface area contributed by atoms with Gasteiger partial charge in [-0.1, -0.05) is 6.08 Å². The summed E-state index contributed by atoms with van der Waals surface area (Å²) in [6, 6.07) is 0. The molecule has 14 heteroatoms. The zero-order valence-corrected chi connectivity index (χ0v) is 13.6. The summed E-state index contributed by atoms with van der Waals surface area (Å²) >= 11 is 0. The highest BCUT2D eigenvalue weighted by molar-refractivity contribution is 5.09. The van der Waals surface area contributed by atoms with Crippen LogP contribution in [0.4, 0.5) is 52.7 Å². The summed E-state index contributed by atoms with van der Waals surface area (Å²) in [5, 5.41) is 18.8. The van der Waals surface area contributed by atoms with Crippen LogP contribution in [0, 0.1) is 17.8 Å². The first-order chi connectivity index (χ1) is 12.1. The van der Waals surface area contributed by atoms with Gasteiger partial charge in [0.15, 0.2) is 0 Å². The summed E-state index contributed by atoms with van der Waals surface area (Å²) in [5.41, 5.74) is -11.1. The van der Waals surface area contributed by atoms with E-state index in [2.05, 4.69) is 6.58 Å². The van der Waals surface area contributed by atoms with Crippen LogP contribution in [0.1, 0.15) is 19.3 Å². The molecule has 0 heterocycles. The predicted molar refractivity (Wildman–Crippen MR) is 68.6 cm³/mol. The number of rotatable bonds is 3. The van der Waals surface area contributed by atoms with Gasteiger partial charge in [0.2, 0.25) is 0 Å². The molecule has 0 aromatic carbocycles. The van der Waals surface area contributed by atoms with Gasteiger partial charge in [-0.3, -0.25) is 0 Å². The lowest BCUT2D eigenvalue weighted by molar-refractivity contribution is -0.404. The SMILES string of the molecule is C=CC1CC(C(O)(C(F)(F)F)C(F)(F)F)CC(C(O)(C(F)(F)F)C(F)(F)F)C1. The average Bonchev–Trinajstić information content (AvgIpc) is 2.48. The van der Waals surface area contributed by atoms with Crippen molar-refractivity contribution < 1.29 is 62.9 Å². The van der Waals surface area contributed by atoms with Crippen molar-refractivity contribution >= 4 is 0 Å². The van der Waals surface area contributed by atoms with E-state index in [1.807, 2.05) is 0 Å². The van der Waals surface area contributed by atoms with Crippen molar-refractivity contribution in [2.45, 2.75) is 55.2 Å². The highest BCUT2D eigenvalue weighted by Gasteiger charge is 2.78. The molecule has 1 fully saturated rings. The maximum absolute atomic E-state index is 13.0. The Labute approximate surface area is 149 Å². The fourth-order valence-electron chi connectivity index (χ4n) is 3.48. The van der Waals surface area contributed by atoms with Crippen molar-refractivity contribution in [3.05, 3.63) is 12.7 Å². The predicted octanol–water partition coefficient (Wildman–Crippen LogP) is 4.92. The molecule has 1 aliphatic rings. The lowest BCUT2D eigenvalue weighted by Gasteiger charge is -2.48. The Morgan fingerprint density at radius 2 is 0.821 bits per heavy atom. The second-order valence-electron chi connectivity index (χ2n) is 6.62. The van der Waals surface area contributed by atoms with Gasteiger partial charge in [0.05, 0.1) is 0 Å². The lowest BCUT2D eigenvalue weighted by atomic mass is 9.63. The summed E-state index contributed by atoms with van der Waals surface area (Å²) < 4.78 is 156. The monoisotopic (exact) mass is 442 g/mol. The average molecular weight is 442 g/mol. The summed E-state index contributed by atoms with van der Waals surface area (Å²) in [5.74, 6) is -7.95. The molecule has 1 saturated carbocycles. The van der Waals surface area contributed by atoms with Crippen LogP contribution >= 0.6 is 0 Å². The van der Waals surface area contributed by atoms with Crippen LogP contribution in [0.2, 0.25) is 0 Å². The van der Waals surface area contributed by atoms with Crippen LogP contribution in [0.5, 0.6) is 0 Å². The molecule has 0 aromatic rings. The molecule has 2 unspecified atom stereocenters. The minimum absolute atomic E-state index is 0.583. The number of alkyl halides is 12. The molecule has 2 atom stereocenters. The van der Waals surface area contributed by atoms with E-state index in [-0.39, 0.29) is 0 Å². The smallest absolute Gasteiger partial charge is 0.373 e. The minimum Gasteiger partial charge on any atom is -0.373 e. The molecule has 28 heavy (non-hydrogen) atoms. The van der Waals surface area contributed by atoms with Gasteiger partial charge in [0, 0.05) is 11.8 Å². The molecule has 2 nitrogen and oxygen atoms in total. The molecule has 0 radical (unpaired) electrons. The Hall–Kier alpha value is -1.18. The highest BCUT2D eigenvalue weighted by Crippen LogP contribution is 2.58. The Kier molecular flexibility index (Phi) is 6.17. The number of allylic oxidation sites excluding steroid dienone is 1. The molecular formula is C14H14F12O2. The van der Waals surface area contributed by atoms with Crippen molar-refractivity contribution in [3.8, 4) is 0 Å². The molecule has 0 saturated heterocycles. The van der Waals surface area contributed by atoms with E-state index in [1.54, 1.807) is 0 Å². The normalized spacial score (nSPS) is 26.3. The van der Waals surface area contributed by atoms with Crippen LogP contribution in [-0.2, 0) is 0 Å². The van der Waals surface area contributed by atoms with E-state index in [9.17, 15) is 62.9 Å². The van der Waals surface area contributed by atoms with Crippen LogP contribution < -0.4 is 0 Å². The summed E-state index contributed by atoms with van der Waals surface area (Å²) in [4.78, 5) is 0. The third-order valence-corrected chi connectivity index (χ3v) is 4.99. The zero-order chi connectivity index (χ0) is 22.6. The zero-order valence-electron chi connectivity index (χ0n) is 13.6. The molecule has 0 aliphatic heterocycles. The topological polar surface area (TPSA) is 40.5 Å². The second kappa shape index (κ2) is 6.96. The first-order valence-electron chi connectivity index (χ1n) is 7.48. The van der Waals surface area contributed by atoms with Gasteiger partial charge >= 0.3 is 24.7 Å². The number of halogens is 12. The summed E-state index contributed by atoms with van der Waals surface area (Å²) in [6.45, 7) is 2.98. The Balaban J connectivity index is 3.58. The largest absolute Gasteiger partial charge is 0.426 e. The molecule has 0 spiro atoms. The standard InChI is InChI=1S/C14H14F12O2/c1-2-6-3-7(9(27,11(15,16)17)12(18,19)20)5-8(4-6)10(28,13(21,22)23)14(24,25)26/h2,6-8,27-28H,1,3-5H2. The van der Waals surface area contributed by atoms with Crippen molar-refractivity contribution in [1.29, 1.82) is 0 Å². The van der Waals surface area contributed by atoms with Gasteiger partial charge in [-0.2, -0.15) is 52.7 Å². The van der Waals surface area contributed by atoms with Crippen LogP contribution in [0.3, 0.4) is 0 Å². The number of aliphatic hydroxyl groups is 2. The van der Waals surface area contributed by atoms with E-state index in [4.69, 9.17) is 0 Å². The van der Waals surface area contributed by atoms with Crippen molar-refractivity contribution in [1.82, 2.24) is 0 Å². The van der Waals surface area contributed by atoms with Crippen LogP contribution in [0.25, 0.3) is 0 Å². The van der Waals surface area contributed by atoms with E-state index in [0.29, 0.717) is 6.08 Å². The van der Waals surface area contributed by atoms with Gasteiger partial charge in [-0.05, 0) is 25.2 Å². The molecule has 1 rings (SSSR count). The number of hydrogen-bond acceptors (Lipinski definition) is 2. The van der Waals surface area contributed by atoms with E-state index < -0.39 is 72.9 Å². The molecule has 0 bridgehead atoms. The molecule has 1 aliphatic carbocycles. The van der Waals surface area contributed by atoms with Crippen LogP contribution in [-0.4, -0.2) is 46.1 Å². The van der Waals surface area contributed by atoms with Crippen LogP contribution in [0.15, 0.2) is 12.7 Å². The second-order valence-corrected chi connectivity index (χ2v) is 6.62. The quantitative estimate of drug-likeness (QED) is 0.482. The maximum atomic E-state index is 13.0. The van der Waals surface area contributed by atoms with Gasteiger partial charge in [-0.25, -0.2) is 0 Å². The fourth-order valence-corrected chi connectivity index (χ4v) is 3.48. The van der Waals surface area contributed by atoms with Gasteiger partial charge in [0.1, 0.15) is 0 Å². The Morgan fingerprint density at radius 1 is 0.571 bits per heavy atom. The molecule has 166 valence electrons. The summed E-state index contributed by atoms with van der Waals surface area (Å²) in [6.07, 6.45) is -29.7. The number of hydrogen-bond donors (Lipinski definition) is 2. The maximum Gasteiger partial charge on any atom is 0.426 e. The molecule has 0 amide bonds. The van der Waals surface area contributed by atoms with Crippen molar-refractivity contribution in [3.63, 3.8) is 0 Å². The van der Waals surface area contributed by atoms with Gasteiger partial charge in [0.25, 0.3) is 11.2 Å². The first-order valence-corrected chi connectivity index (χ1v) is 7.48. The Morgan fingerprint density at radius 3 is 1.00 bits per heavy atom. The third kappa shape index (κ3) is 3.81. The van der Waals surface area contributed by atoms with Gasteiger partial charge in [-0.15, -0.1) is 6.58 Å². The summed E-state index contributed by atoms with van der Waals surface area (Å²) in [7, 11) is 0. The van der Waals surface area contributed by atoms with E-state index in [0.717, 1.165) is 0 Å². The first kappa shape index (κ1) is 24.9. The van der Waals surface area contributed by atoms with Crippen molar-refractivity contribution in [2.24, 2.45) is 17.8 Å². The van der Waals surface area contributed by atoms with Crippen molar-refractivity contribution in [2.75, 3.05) is 0 Å². The third-order valence-electron chi connectivity index (χ3n) is 4.99. The van der Waals surface area contributed by atoms with E-state index in [1.165, 1.54) is 0 Å². The highest BCUT2D eigenvalue weighted by atomic mass is 19.4. The minimum atomic E-state index is -6.45. The Bertz CT molecular complexity index is 497. The molecular weight excluding hydrogens is 428 g/mol. The van der Waals surface area contributed by atoms with E-state index >= 15 is 0 Å². The lowest BCUT2D eigenvalue weighted by Crippen LogP contribution is -2.66.